The van der Waals surface area contributed by atoms with Crippen LogP contribution in [0.25, 0.3) is 0 Å². The minimum absolute atomic E-state index is 0.155. The summed E-state index contributed by atoms with van der Waals surface area (Å²) in [6.07, 6.45) is 10.4. The summed E-state index contributed by atoms with van der Waals surface area (Å²) in [5.41, 5.74) is 2.58. The van der Waals surface area contributed by atoms with Crippen molar-refractivity contribution in [2.45, 2.75) is 76.7 Å². The highest BCUT2D eigenvalue weighted by atomic mass is 35.5. The van der Waals surface area contributed by atoms with Crippen molar-refractivity contribution in [3.05, 3.63) is 29.3 Å². The summed E-state index contributed by atoms with van der Waals surface area (Å²) >= 11 is 6.54. The molecule has 1 aromatic carbocycles. The van der Waals surface area contributed by atoms with Crippen LogP contribution in [-0.2, 0) is 6.42 Å². The van der Waals surface area contributed by atoms with Gasteiger partial charge >= 0.3 is 0 Å². The Morgan fingerprint density at radius 2 is 1.95 bits per heavy atom. The number of alkyl halides is 1. The Balaban J connectivity index is 1.76. The maximum absolute atomic E-state index is 6.54. The van der Waals surface area contributed by atoms with Gasteiger partial charge in [0.1, 0.15) is 11.9 Å². The lowest BCUT2D eigenvalue weighted by molar-refractivity contribution is 0.254. The number of ether oxygens (including phenoxy) is 1. The van der Waals surface area contributed by atoms with Crippen molar-refractivity contribution in [1.82, 2.24) is 0 Å². The summed E-state index contributed by atoms with van der Waals surface area (Å²) in [4.78, 5) is 0. The van der Waals surface area contributed by atoms with E-state index in [1.807, 2.05) is 0 Å². The lowest BCUT2D eigenvalue weighted by Crippen LogP contribution is -2.05. The van der Waals surface area contributed by atoms with Gasteiger partial charge in [-0.1, -0.05) is 57.6 Å². The predicted octanol–water partition coefficient (Wildman–Crippen LogP) is 6.04. The molecule has 0 saturated heterocycles. The number of hydrogen-bond donors (Lipinski definition) is 0. The summed E-state index contributed by atoms with van der Waals surface area (Å²) in [6, 6.07) is 6.46. The van der Waals surface area contributed by atoms with Crippen LogP contribution >= 0.6 is 11.6 Å². The zero-order valence-corrected chi connectivity index (χ0v) is 13.6. The molecule has 0 fully saturated rings. The van der Waals surface area contributed by atoms with Crippen LogP contribution in [0.5, 0.6) is 5.75 Å². The van der Waals surface area contributed by atoms with E-state index in [0.717, 1.165) is 18.6 Å². The van der Waals surface area contributed by atoms with E-state index < -0.39 is 0 Å². The molecule has 0 saturated carbocycles. The highest BCUT2D eigenvalue weighted by molar-refractivity contribution is 6.20. The molecule has 0 radical (unpaired) electrons. The van der Waals surface area contributed by atoms with E-state index in [0.29, 0.717) is 6.10 Å². The molecule has 2 rings (SSSR count). The van der Waals surface area contributed by atoms with E-state index in [2.05, 4.69) is 32.0 Å². The second-order valence-corrected chi connectivity index (χ2v) is 6.55. The Bertz CT molecular complexity index is 416. The highest BCUT2D eigenvalue weighted by Crippen LogP contribution is 2.34. The van der Waals surface area contributed by atoms with Crippen molar-refractivity contribution >= 4 is 11.6 Å². The van der Waals surface area contributed by atoms with E-state index in [1.54, 1.807) is 0 Å². The molecule has 0 bridgehead atoms. The van der Waals surface area contributed by atoms with Gasteiger partial charge in [0.05, 0.1) is 5.38 Å². The SMILES string of the molecule is CCCCCCCCC(Cl)c1ccc2c(c1)CC(C)O2. The van der Waals surface area contributed by atoms with Gasteiger partial charge in [-0.2, -0.15) is 0 Å². The van der Waals surface area contributed by atoms with Crippen molar-refractivity contribution in [2.75, 3.05) is 0 Å². The lowest BCUT2D eigenvalue weighted by atomic mass is 10.0. The Morgan fingerprint density at radius 3 is 2.75 bits per heavy atom. The second-order valence-electron chi connectivity index (χ2n) is 6.02. The summed E-state index contributed by atoms with van der Waals surface area (Å²) < 4.78 is 5.73. The number of unbranched alkanes of at least 4 members (excludes halogenated alkanes) is 5. The van der Waals surface area contributed by atoms with Crippen molar-refractivity contribution in [3.63, 3.8) is 0 Å². The van der Waals surface area contributed by atoms with Crippen LogP contribution in [0.3, 0.4) is 0 Å². The molecule has 0 aromatic heterocycles. The topological polar surface area (TPSA) is 9.23 Å². The molecule has 1 aliphatic heterocycles. The first-order chi connectivity index (χ1) is 9.70. The molecule has 0 amide bonds. The first-order valence-corrected chi connectivity index (χ1v) is 8.58. The number of halogens is 1. The van der Waals surface area contributed by atoms with Gasteiger partial charge in [0.2, 0.25) is 0 Å². The zero-order chi connectivity index (χ0) is 14.4. The Labute approximate surface area is 128 Å². The maximum Gasteiger partial charge on any atom is 0.123 e. The standard InChI is InChI=1S/C18H27ClO/c1-3-4-5-6-7-8-9-17(19)15-10-11-18-16(13-15)12-14(2)20-18/h10-11,13-14,17H,3-9,12H2,1-2H3. The van der Waals surface area contributed by atoms with Gasteiger partial charge < -0.3 is 4.74 Å². The summed E-state index contributed by atoms with van der Waals surface area (Å²) in [7, 11) is 0. The van der Waals surface area contributed by atoms with E-state index in [-0.39, 0.29) is 5.38 Å². The van der Waals surface area contributed by atoms with Gasteiger partial charge in [-0.25, -0.2) is 0 Å². The lowest BCUT2D eigenvalue weighted by Gasteiger charge is -2.11. The fourth-order valence-corrected chi connectivity index (χ4v) is 3.20. The van der Waals surface area contributed by atoms with E-state index in [1.165, 1.54) is 49.7 Å². The van der Waals surface area contributed by atoms with Gasteiger partial charge in [0, 0.05) is 6.42 Å². The Hall–Kier alpha value is -0.690. The zero-order valence-electron chi connectivity index (χ0n) is 12.8. The minimum Gasteiger partial charge on any atom is -0.490 e. The number of benzene rings is 1. The van der Waals surface area contributed by atoms with Crippen molar-refractivity contribution in [2.24, 2.45) is 0 Å². The molecule has 1 aliphatic rings. The summed E-state index contributed by atoms with van der Waals surface area (Å²) in [5.74, 6) is 1.05. The van der Waals surface area contributed by atoms with Crippen LogP contribution in [0, 0.1) is 0 Å². The maximum atomic E-state index is 6.54. The van der Waals surface area contributed by atoms with Gasteiger partial charge in [-0.05, 0) is 30.5 Å². The monoisotopic (exact) mass is 294 g/mol. The number of rotatable bonds is 8. The fraction of sp³-hybridized carbons (Fsp3) is 0.667. The predicted molar refractivity (Wildman–Crippen MR) is 86.8 cm³/mol. The summed E-state index contributed by atoms with van der Waals surface area (Å²) in [5, 5.41) is 0.155. The van der Waals surface area contributed by atoms with Crippen LogP contribution in [0.4, 0.5) is 0 Å². The first-order valence-electron chi connectivity index (χ1n) is 8.14. The van der Waals surface area contributed by atoms with Gasteiger partial charge in [-0.3, -0.25) is 0 Å². The van der Waals surface area contributed by atoms with Crippen LogP contribution in [0.15, 0.2) is 18.2 Å². The van der Waals surface area contributed by atoms with Gasteiger partial charge in [-0.15, -0.1) is 11.6 Å². The Morgan fingerprint density at radius 1 is 1.20 bits per heavy atom. The molecule has 1 nitrogen and oxygen atoms in total. The van der Waals surface area contributed by atoms with Crippen LogP contribution in [0.2, 0.25) is 0 Å². The van der Waals surface area contributed by atoms with Crippen LogP contribution in [0.1, 0.15) is 75.3 Å². The van der Waals surface area contributed by atoms with Crippen LogP contribution < -0.4 is 4.74 Å². The molecule has 0 N–H and O–H groups in total. The molecule has 0 aliphatic carbocycles. The third-order valence-corrected chi connectivity index (χ3v) is 4.56. The van der Waals surface area contributed by atoms with Gasteiger partial charge in [0.25, 0.3) is 0 Å². The third kappa shape index (κ3) is 4.41. The van der Waals surface area contributed by atoms with Crippen molar-refractivity contribution < 1.29 is 4.74 Å². The molecule has 0 spiro atoms. The molecule has 20 heavy (non-hydrogen) atoms. The largest absolute Gasteiger partial charge is 0.490 e. The average molecular weight is 295 g/mol. The highest BCUT2D eigenvalue weighted by Gasteiger charge is 2.20. The first kappa shape index (κ1) is 15.7. The van der Waals surface area contributed by atoms with Crippen molar-refractivity contribution in [1.29, 1.82) is 0 Å². The molecule has 2 heteroatoms. The van der Waals surface area contributed by atoms with E-state index >= 15 is 0 Å². The Kier molecular flexibility index (Phi) is 6.22. The molecule has 112 valence electrons. The second kappa shape index (κ2) is 7.93. The summed E-state index contributed by atoms with van der Waals surface area (Å²) in [6.45, 7) is 4.38. The molecule has 1 heterocycles. The van der Waals surface area contributed by atoms with Crippen molar-refractivity contribution in [3.8, 4) is 5.75 Å². The molecule has 2 atom stereocenters. The minimum atomic E-state index is 0.155. The van der Waals surface area contributed by atoms with E-state index in [9.17, 15) is 0 Å². The van der Waals surface area contributed by atoms with Gasteiger partial charge in [0.15, 0.2) is 0 Å². The molecular formula is C18H27ClO. The smallest absolute Gasteiger partial charge is 0.123 e. The quantitative estimate of drug-likeness (QED) is 0.419. The molecular weight excluding hydrogens is 268 g/mol. The van der Waals surface area contributed by atoms with E-state index in [4.69, 9.17) is 16.3 Å². The third-order valence-electron chi connectivity index (χ3n) is 4.09. The normalized spacial score (nSPS) is 18.6. The van der Waals surface area contributed by atoms with Crippen LogP contribution in [-0.4, -0.2) is 6.10 Å². The molecule has 2 unspecified atom stereocenters. The fourth-order valence-electron chi connectivity index (χ4n) is 2.91. The number of hydrogen-bond acceptors (Lipinski definition) is 1. The number of fused-ring (bicyclic) bond motifs is 1. The molecule has 1 aromatic rings. The average Bonchev–Trinajstić information content (AvgIpc) is 2.81.